The van der Waals surface area contributed by atoms with Crippen molar-refractivity contribution in [3.8, 4) is 0 Å². The smallest absolute Gasteiger partial charge is 0.230 e. The SMILES string of the molecule is Cc1nc(NC(N)=NC(C)C)nc2ccc(Cl)cc12. The monoisotopic (exact) mass is 277 g/mol. The maximum Gasteiger partial charge on any atom is 0.230 e. The average molecular weight is 278 g/mol. The molecule has 2 rings (SSSR count). The summed E-state index contributed by atoms with van der Waals surface area (Å²) < 4.78 is 0. The molecule has 0 saturated carbocycles. The maximum absolute atomic E-state index is 5.96. The summed E-state index contributed by atoms with van der Waals surface area (Å²) >= 11 is 5.96. The lowest BCUT2D eigenvalue weighted by Crippen LogP contribution is -2.25. The molecule has 100 valence electrons. The van der Waals surface area contributed by atoms with Gasteiger partial charge in [-0.05, 0) is 39.0 Å². The summed E-state index contributed by atoms with van der Waals surface area (Å²) in [7, 11) is 0. The molecule has 0 fully saturated rings. The molecular formula is C13H16ClN5. The number of benzene rings is 1. The third-order valence-electron chi connectivity index (χ3n) is 2.49. The van der Waals surface area contributed by atoms with Gasteiger partial charge in [-0.1, -0.05) is 11.6 Å². The lowest BCUT2D eigenvalue weighted by molar-refractivity contribution is 0.833. The normalized spacial score (nSPS) is 12.2. The first-order chi connectivity index (χ1) is 8.95. The van der Waals surface area contributed by atoms with E-state index in [1.807, 2.05) is 32.9 Å². The van der Waals surface area contributed by atoms with Gasteiger partial charge in [-0.3, -0.25) is 10.3 Å². The first-order valence-corrected chi connectivity index (χ1v) is 6.37. The highest BCUT2D eigenvalue weighted by Gasteiger charge is 2.06. The Morgan fingerprint density at radius 3 is 2.79 bits per heavy atom. The Hall–Kier alpha value is -1.88. The van der Waals surface area contributed by atoms with Crippen LogP contribution >= 0.6 is 11.6 Å². The molecule has 2 aromatic rings. The summed E-state index contributed by atoms with van der Waals surface area (Å²) in [5, 5.41) is 4.49. The summed E-state index contributed by atoms with van der Waals surface area (Å²) in [6.45, 7) is 5.80. The molecular weight excluding hydrogens is 262 g/mol. The van der Waals surface area contributed by atoms with E-state index >= 15 is 0 Å². The fourth-order valence-electron chi connectivity index (χ4n) is 1.73. The molecule has 1 aromatic carbocycles. The van der Waals surface area contributed by atoms with Gasteiger partial charge >= 0.3 is 0 Å². The molecule has 5 nitrogen and oxygen atoms in total. The fourth-order valence-corrected chi connectivity index (χ4v) is 1.91. The Morgan fingerprint density at radius 2 is 2.11 bits per heavy atom. The van der Waals surface area contributed by atoms with Crippen LogP contribution in [0.25, 0.3) is 10.9 Å². The standard InChI is InChI=1S/C13H16ClN5/c1-7(2)16-12(15)19-13-17-8(3)10-6-9(14)4-5-11(10)18-13/h4-7H,1-3H3,(H3,15,16,17,18,19). The van der Waals surface area contributed by atoms with Crippen molar-refractivity contribution in [2.24, 2.45) is 10.7 Å². The number of guanidine groups is 1. The van der Waals surface area contributed by atoms with Gasteiger partial charge in [0.25, 0.3) is 0 Å². The van der Waals surface area contributed by atoms with E-state index in [2.05, 4.69) is 20.3 Å². The highest BCUT2D eigenvalue weighted by atomic mass is 35.5. The minimum atomic E-state index is 0.118. The molecule has 0 saturated heterocycles. The molecule has 0 radical (unpaired) electrons. The first-order valence-electron chi connectivity index (χ1n) is 6.00. The van der Waals surface area contributed by atoms with E-state index in [9.17, 15) is 0 Å². The second-order valence-electron chi connectivity index (χ2n) is 4.53. The zero-order chi connectivity index (χ0) is 14.0. The molecule has 0 spiro atoms. The van der Waals surface area contributed by atoms with E-state index in [0.29, 0.717) is 16.9 Å². The Balaban J connectivity index is 2.39. The van der Waals surface area contributed by atoms with Gasteiger partial charge in [-0.15, -0.1) is 0 Å². The molecule has 0 aliphatic heterocycles. The van der Waals surface area contributed by atoms with Crippen molar-refractivity contribution in [1.82, 2.24) is 9.97 Å². The number of aromatic nitrogens is 2. The van der Waals surface area contributed by atoms with Crippen LogP contribution < -0.4 is 11.1 Å². The van der Waals surface area contributed by atoms with Crippen molar-refractivity contribution in [2.45, 2.75) is 26.8 Å². The number of anilines is 1. The molecule has 0 unspecified atom stereocenters. The molecule has 1 heterocycles. The summed E-state index contributed by atoms with van der Waals surface area (Å²) in [6, 6.07) is 5.62. The second-order valence-corrected chi connectivity index (χ2v) is 4.96. The van der Waals surface area contributed by atoms with Crippen LogP contribution in [0.2, 0.25) is 5.02 Å². The quantitative estimate of drug-likeness (QED) is 0.654. The summed E-state index contributed by atoms with van der Waals surface area (Å²) in [6.07, 6.45) is 0. The van der Waals surface area contributed by atoms with Gasteiger partial charge in [0.15, 0.2) is 5.96 Å². The number of hydrogen-bond acceptors (Lipinski definition) is 3. The van der Waals surface area contributed by atoms with E-state index in [4.69, 9.17) is 17.3 Å². The number of nitrogens with two attached hydrogens (primary N) is 1. The number of rotatable bonds is 2. The first kappa shape index (κ1) is 13.5. The summed E-state index contributed by atoms with van der Waals surface area (Å²) in [5.41, 5.74) is 7.42. The number of halogens is 1. The molecule has 3 N–H and O–H groups in total. The number of nitrogens with one attached hydrogen (secondary N) is 1. The van der Waals surface area contributed by atoms with Crippen LogP contribution in [-0.4, -0.2) is 22.0 Å². The Kier molecular flexibility index (Phi) is 3.85. The van der Waals surface area contributed by atoms with E-state index in [-0.39, 0.29) is 6.04 Å². The van der Waals surface area contributed by atoms with Gasteiger partial charge < -0.3 is 5.73 Å². The molecule has 1 aromatic heterocycles. The van der Waals surface area contributed by atoms with Gasteiger partial charge in [0.1, 0.15) is 0 Å². The minimum absolute atomic E-state index is 0.118. The van der Waals surface area contributed by atoms with Gasteiger partial charge in [-0.25, -0.2) is 9.97 Å². The number of fused-ring (bicyclic) bond motifs is 1. The van der Waals surface area contributed by atoms with Crippen LogP contribution in [0, 0.1) is 6.92 Å². The molecule has 19 heavy (non-hydrogen) atoms. The van der Waals surface area contributed by atoms with Crippen LogP contribution in [0.4, 0.5) is 5.95 Å². The number of aliphatic imine (C=N–C) groups is 1. The van der Waals surface area contributed by atoms with E-state index in [1.54, 1.807) is 6.07 Å². The lowest BCUT2D eigenvalue weighted by atomic mass is 10.2. The molecule has 0 aliphatic carbocycles. The number of aryl methyl sites for hydroxylation is 1. The van der Waals surface area contributed by atoms with Crippen LogP contribution in [0.3, 0.4) is 0 Å². The summed E-state index contributed by atoms with van der Waals surface area (Å²) in [5.74, 6) is 0.747. The van der Waals surface area contributed by atoms with E-state index < -0.39 is 0 Å². The molecule has 0 amide bonds. The van der Waals surface area contributed by atoms with Crippen LogP contribution in [0.15, 0.2) is 23.2 Å². The highest BCUT2D eigenvalue weighted by molar-refractivity contribution is 6.31. The fraction of sp³-hybridized carbons (Fsp3) is 0.308. The topological polar surface area (TPSA) is 76.2 Å². The Labute approximate surface area is 116 Å². The minimum Gasteiger partial charge on any atom is -0.370 e. The van der Waals surface area contributed by atoms with Crippen molar-refractivity contribution in [2.75, 3.05) is 5.32 Å². The number of nitrogens with zero attached hydrogens (tertiary/aromatic N) is 3. The van der Waals surface area contributed by atoms with Crippen molar-refractivity contribution in [3.05, 3.63) is 28.9 Å². The molecule has 0 bridgehead atoms. The van der Waals surface area contributed by atoms with Crippen molar-refractivity contribution < 1.29 is 0 Å². The third kappa shape index (κ3) is 3.32. The van der Waals surface area contributed by atoms with Crippen LogP contribution in [0.5, 0.6) is 0 Å². The zero-order valence-corrected chi connectivity index (χ0v) is 11.9. The second kappa shape index (κ2) is 5.40. The van der Waals surface area contributed by atoms with Gasteiger partial charge in [0.05, 0.1) is 11.2 Å². The number of hydrogen-bond donors (Lipinski definition) is 2. The highest BCUT2D eigenvalue weighted by Crippen LogP contribution is 2.21. The van der Waals surface area contributed by atoms with Gasteiger partial charge in [0.2, 0.25) is 5.95 Å². The van der Waals surface area contributed by atoms with E-state index in [1.165, 1.54) is 0 Å². The predicted octanol–water partition coefficient (Wildman–Crippen LogP) is 2.73. The largest absolute Gasteiger partial charge is 0.370 e. The zero-order valence-electron chi connectivity index (χ0n) is 11.1. The van der Waals surface area contributed by atoms with Crippen molar-refractivity contribution >= 4 is 34.4 Å². The Bertz CT molecular complexity index is 636. The van der Waals surface area contributed by atoms with Crippen molar-refractivity contribution in [3.63, 3.8) is 0 Å². The average Bonchev–Trinajstić information content (AvgIpc) is 2.29. The molecule has 6 heteroatoms. The molecule has 0 aliphatic rings. The summed E-state index contributed by atoms with van der Waals surface area (Å²) in [4.78, 5) is 12.9. The third-order valence-corrected chi connectivity index (χ3v) is 2.72. The molecule has 0 atom stereocenters. The Morgan fingerprint density at radius 1 is 1.37 bits per heavy atom. The van der Waals surface area contributed by atoms with Crippen LogP contribution in [-0.2, 0) is 0 Å². The van der Waals surface area contributed by atoms with Crippen molar-refractivity contribution in [1.29, 1.82) is 0 Å². The predicted molar refractivity (Wildman–Crippen MR) is 79.7 cm³/mol. The van der Waals surface area contributed by atoms with Crippen LogP contribution in [0.1, 0.15) is 19.5 Å². The lowest BCUT2D eigenvalue weighted by Gasteiger charge is -2.08. The van der Waals surface area contributed by atoms with Gasteiger partial charge in [0, 0.05) is 16.5 Å². The van der Waals surface area contributed by atoms with Gasteiger partial charge in [-0.2, -0.15) is 0 Å². The maximum atomic E-state index is 5.96. The van der Waals surface area contributed by atoms with E-state index in [0.717, 1.165) is 16.6 Å².